The molecule has 0 aliphatic heterocycles. The molecule has 0 atom stereocenters. The maximum atomic E-state index is 5.40. The monoisotopic (exact) mass is 382 g/mol. The summed E-state index contributed by atoms with van der Waals surface area (Å²) in [6.45, 7) is 0. The predicted molar refractivity (Wildman–Crippen MR) is 106 cm³/mol. The van der Waals surface area contributed by atoms with Crippen molar-refractivity contribution in [3.8, 4) is 27.7 Å². The lowest BCUT2D eigenvalue weighted by atomic mass is 10.2. The Morgan fingerprint density at radius 2 is 1.81 bits per heavy atom. The van der Waals surface area contributed by atoms with Gasteiger partial charge in [-0.25, -0.2) is 9.50 Å². The van der Waals surface area contributed by atoms with E-state index in [1.165, 1.54) is 0 Å². The van der Waals surface area contributed by atoms with Crippen LogP contribution in [0.1, 0.15) is 0 Å². The summed E-state index contributed by atoms with van der Waals surface area (Å²) in [4.78, 5) is 5.85. The molecular weight excluding hydrogens is 364 g/mol. The molecule has 0 fully saturated rings. The minimum atomic E-state index is 0.546. The summed E-state index contributed by atoms with van der Waals surface area (Å²) in [5.74, 6) is 2.38. The van der Waals surface area contributed by atoms with Gasteiger partial charge in [-0.2, -0.15) is 5.10 Å². The molecule has 0 unspecified atom stereocenters. The summed E-state index contributed by atoms with van der Waals surface area (Å²) in [6.07, 6.45) is 3.71. The molecule has 4 aromatic rings. The quantitative estimate of drug-likeness (QED) is 0.538. The Morgan fingerprint density at radius 3 is 2.44 bits per heavy atom. The summed E-state index contributed by atoms with van der Waals surface area (Å²) in [6, 6.07) is 9.61. The minimum absolute atomic E-state index is 0.546. The van der Waals surface area contributed by atoms with Crippen molar-refractivity contribution in [3.63, 3.8) is 0 Å². The average molecular weight is 382 g/mol. The lowest BCUT2D eigenvalue weighted by molar-refractivity contribution is 0.324. The van der Waals surface area contributed by atoms with Gasteiger partial charge in [0.05, 0.1) is 33.1 Å². The Bertz CT molecular complexity index is 1050. The first-order chi connectivity index (χ1) is 13.2. The number of fused-ring (bicyclic) bond motifs is 1. The molecule has 0 aliphatic rings. The van der Waals surface area contributed by atoms with Gasteiger partial charge in [-0.15, -0.1) is 11.3 Å². The number of ether oxygens (including phenoxy) is 3. The maximum Gasteiger partial charge on any atom is 0.203 e. The molecule has 3 aromatic heterocycles. The van der Waals surface area contributed by atoms with E-state index in [1.54, 1.807) is 37.2 Å². The van der Waals surface area contributed by atoms with Gasteiger partial charge in [0.25, 0.3) is 0 Å². The second kappa shape index (κ2) is 7.16. The number of nitrogens with zero attached hydrogens (tertiary/aromatic N) is 3. The molecule has 1 N–H and O–H groups in total. The number of thiophene rings is 1. The fourth-order valence-corrected chi connectivity index (χ4v) is 3.58. The van der Waals surface area contributed by atoms with E-state index in [1.807, 2.05) is 42.0 Å². The van der Waals surface area contributed by atoms with Crippen LogP contribution in [0.15, 0.2) is 48.1 Å². The third-order valence-electron chi connectivity index (χ3n) is 4.09. The lowest BCUT2D eigenvalue weighted by Gasteiger charge is -2.15. The second-order valence-electron chi connectivity index (χ2n) is 5.66. The molecule has 1 aromatic carbocycles. The number of rotatable bonds is 6. The first-order valence-electron chi connectivity index (χ1n) is 8.18. The van der Waals surface area contributed by atoms with E-state index in [0.29, 0.717) is 23.1 Å². The van der Waals surface area contributed by atoms with E-state index in [4.69, 9.17) is 19.2 Å². The SMILES string of the molecule is COc1cc(Nc2ccn3ncc(-c4cccs4)c3n2)cc(OC)c1OC. The Balaban J connectivity index is 1.72. The van der Waals surface area contributed by atoms with Crippen molar-refractivity contribution in [2.45, 2.75) is 0 Å². The zero-order valence-corrected chi connectivity index (χ0v) is 15.9. The topological polar surface area (TPSA) is 69.9 Å². The number of nitrogens with one attached hydrogen (secondary N) is 1. The number of aromatic nitrogens is 3. The van der Waals surface area contributed by atoms with Crippen LogP contribution in [-0.4, -0.2) is 35.9 Å². The van der Waals surface area contributed by atoms with Gasteiger partial charge < -0.3 is 19.5 Å². The first-order valence-corrected chi connectivity index (χ1v) is 9.06. The molecule has 0 amide bonds. The van der Waals surface area contributed by atoms with E-state index in [9.17, 15) is 0 Å². The molecule has 3 heterocycles. The molecule has 0 aliphatic carbocycles. The average Bonchev–Trinajstić information content (AvgIpc) is 3.36. The Hall–Kier alpha value is -3.26. The number of methoxy groups -OCH3 is 3. The normalized spacial score (nSPS) is 10.8. The molecule has 0 bridgehead atoms. The maximum absolute atomic E-state index is 5.40. The van der Waals surface area contributed by atoms with Crippen molar-refractivity contribution in [1.29, 1.82) is 0 Å². The lowest BCUT2D eigenvalue weighted by Crippen LogP contribution is -2.00. The van der Waals surface area contributed by atoms with E-state index in [2.05, 4.69) is 16.5 Å². The van der Waals surface area contributed by atoms with Crippen molar-refractivity contribution in [1.82, 2.24) is 14.6 Å². The molecule has 138 valence electrons. The Labute approximate surface area is 160 Å². The van der Waals surface area contributed by atoms with Crippen molar-refractivity contribution in [2.75, 3.05) is 26.6 Å². The van der Waals surface area contributed by atoms with Crippen LogP contribution in [-0.2, 0) is 0 Å². The molecule has 0 saturated carbocycles. The van der Waals surface area contributed by atoms with E-state index in [0.717, 1.165) is 21.8 Å². The highest BCUT2D eigenvalue weighted by molar-refractivity contribution is 7.13. The predicted octanol–water partition coefficient (Wildman–Crippen LogP) is 4.23. The van der Waals surface area contributed by atoms with Gasteiger partial charge in [0, 0.05) is 28.9 Å². The van der Waals surface area contributed by atoms with Crippen LogP contribution in [0.3, 0.4) is 0 Å². The molecule has 0 spiro atoms. The summed E-state index contributed by atoms with van der Waals surface area (Å²) >= 11 is 1.66. The molecular formula is C19H18N4O3S. The number of benzene rings is 1. The Morgan fingerprint density at radius 1 is 1.04 bits per heavy atom. The Kier molecular flexibility index (Phi) is 4.55. The van der Waals surface area contributed by atoms with Crippen LogP contribution in [0.4, 0.5) is 11.5 Å². The van der Waals surface area contributed by atoms with Gasteiger partial charge in [0.15, 0.2) is 17.1 Å². The molecule has 0 radical (unpaired) electrons. The zero-order chi connectivity index (χ0) is 18.8. The van der Waals surface area contributed by atoms with Crippen LogP contribution in [0.2, 0.25) is 0 Å². The fourth-order valence-electron chi connectivity index (χ4n) is 2.85. The number of hydrogen-bond donors (Lipinski definition) is 1. The van der Waals surface area contributed by atoms with E-state index in [-0.39, 0.29) is 0 Å². The fraction of sp³-hybridized carbons (Fsp3) is 0.158. The van der Waals surface area contributed by atoms with Crippen molar-refractivity contribution in [2.24, 2.45) is 0 Å². The molecule has 27 heavy (non-hydrogen) atoms. The summed E-state index contributed by atoms with van der Waals surface area (Å²) < 4.78 is 17.9. The second-order valence-corrected chi connectivity index (χ2v) is 6.60. The molecule has 0 saturated heterocycles. The summed E-state index contributed by atoms with van der Waals surface area (Å²) in [5, 5.41) is 9.71. The minimum Gasteiger partial charge on any atom is -0.493 e. The highest BCUT2D eigenvalue weighted by atomic mass is 32.1. The van der Waals surface area contributed by atoms with Crippen LogP contribution in [0.25, 0.3) is 16.1 Å². The van der Waals surface area contributed by atoms with Crippen LogP contribution in [0.5, 0.6) is 17.2 Å². The van der Waals surface area contributed by atoms with Crippen LogP contribution in [0, 0.1) is 0 Å². The van der Waals surface area contributed by atoms with Crippen molar-refractivity contribution in [3.05, 3.63) is 48.1 Å². The highest BCUT2D eigenvalue weighted by Crippen LogP contribution is 2.40. The van der Waals surface area contributed by atoms with Crippen LogP contribution >= 0.6 is 11.3 Å². The smallest absolute Gasteiger partial charge is 0.203 e. The number of anilines is 2. The summed E-state index contributed by atoms with van der Waals surface area (Å²) in [5.41, 5.74) is 2.56. The zero-order valence-electron chi connectivity index (χ0n) is 15.1. The summed E-state index contributed by atoms with van der Waals surface area (Å²) in [7, 11) is 4.75. The van der Waals surface area contributed by atoms with Gasteiger partial charge in [-0.3, -0.25) is 0 Å². The largest absolute Gasteiger partial charge is 0.493 e. The van der Waals surface area contributed by atoms with Crippen LogP contribution < -0.4 is 19.5 Å². The van der Waals surface area contributed by atoms with Crippen molar-refractivity contribution >= 4 is 28.5 Å². The third-order valence-corrected chi connectivity index (χ3v) is 5.00. The van der Waals surface area contributed by atoms with E-state index < -0.39 is 0 Å². The third kappa shape index (κ3) is 3.15. The number of hydrogen-bond acceptors (Lipinski definition) is 7. The van der Waals surface area contributed by atoms with Crippen molar-refractivity contribution < 1.29 is 14.2 Å². The van der Waals surface area contributed by atoms with Gasteiger partial charge in [-0.1, -0.05) is 6.07 Å². The van der Waals surface area contributed by atoms with Gasteiger partial charge in [-0.05, 0) is 17.5 Å². The van der Waals surface area contributed by atoms with Gasteiger partial charge in [0.2, 0.25) is 5.75 Å². The molecule has 8 heteroatoms. The van der Waals surface area contributed by atoms with Gasteiger partial charge >= 0.3 is 0 Å². The molecule has 4 rings (SSSR count). The standard InChI is InChI=1S/C19H18N4O3S/c1-24-14-9-12(10-15(25-2)18(14)26-3)21-17-6-7-23-19(22-17)13(11-20-23)16-5-4-8-27-16/h4-11H,1-3H3,(H,21,22). The van der Waals surface area contributed by atoms with Gasteiger partial charge in [0.1, 0.15) is 5.82 Å². The first kappa shape index (κ1) is 17.2. The highest BCUT2D eigenvalue weighted by Gasteiger charge is 2.14. The molecule has 7 nitrogen and oxygen atoms in total. The van der Waals surface area contributed by atoms with E-state index >= 15 is 0 Å².